The molecule has 4 nitrogen and oxygen atoms in total. The molecule has 0 aliphatic heterocycles. The number of pyridine rings is 1. The topological polar surface area (TPSA) is 56.7 Å². The normalized spacial score (nSPS) is 10.8. The first-order chi connectivity index (χ1) is 7.61. The SMILES string of the molecule is Cc1nn(-c2cc(CN)c(Cl)cn2)cc1Cl. The zero-order chi connectivity index (χ0) is 11.7. The maximum Gasteiger partial charge on any atom is 0.153 e. The van der Waals surface area contributed by atoms with E-state index in [1.54, 1.807) is 23.1 Å². The number of hydrogen-bond acceptors (Lipinski definition) is 3. The second-order valence-electron chi connectivity index (χ2n) is 3.35. The fraction of sp³-hybridized carbons (Fsp3) is 0.200. The predicted molar refractivity (Wildman–Crippen MR) is 64.0 cm³/mol. The Morgan fingerprint density at radius 2 is 2.12 bits per heavy atom. The molecule has 0 spiro atoms. The summed E-state index contributed by atoms with van der Waals surface area (Å²) in [6.07, 6.45) is 3.26. The predicted octanol–water partition coefficient (Wildman–Crippen LogP) is 2.34. The molecule has 2 rings (SSSR count). The number of nitrogens with two attached hydrogens (primary N) is 1. The van der Waals surface area contributed by atoms with E-state index in [0.29, 0.717) is 22.4 Å². The Kier molecular flexibility index (Phi) is 3.14. The number of nitrogens with zero attached hydrogens (tertiary/aromatic N) is 3. The third-order valence-corrected chi connectivity index (χ3v) is 2.93. The second kappa shape index (κ2) is 4.41. The maximum absolute atomic E-state index is 5.92. The van der Waals surface area contributed by atoms with E-state index in [4.69, 9.17) is 28.9 Å². The van der Waals surface area contributed by atoms with Crippen LogP contribution in [0.2, 0.25) is 10.0 Å². The molecule has 0 saturated heterocycles. The van der Waals surface area contributed by atoms with Crippen LogP contribution in [0.3, 0.4) is 0 Å². The average molecular weight is 257 g/mol. The zero-order valence-electron chi connectivity index (χ0n) is 8.61. The quantitative estimate of drug-likeness (QED) is 0.898. The van der Waals surface area contributed by atoms with Gasteiger partial charge in [0.1, 0.15) is 0 Å². The first-order valence-corrected chi connectivity index (χ1v) is 5.44. The summed E-state index contributed by atoms with van der Waals surface area (Å²) in [5.41, 5.74) is 7.15. The van der Waals surface area contributed by atoms with Gasteiger partial charge in [0, 0.05) is 12.7 Å². The standard InChI is InChI=1S/C10H10Cl2N4/c1-6-9(12)5-16(15-6)10-2-7(3-13)8(11)4-14-10/h2,4-5H,3,13H2,1H3. The van der Waals surface area contributed by atoms with Crippen molar-refractivity contribution in [3.05, 3.63) is 39.8 Å². The number of halogens is 2. The summed E-state index contributed by atoms with van der Waals surface area (Å²) in [4.78, 5) is 4.17. The highest BCUT2D eigenvalue weighted by Gasteiger charge is 2.07. The number of aromatic nitrogens is 3. The van der Waals surface area contributed by atoms with Crippen molar-refractivity contribution in [2.45, 2.75) is 13.5 Å². The highest BCUT2D eigenvalue weighted by atomic mass is 35.5. The molecule has 2 aromatic rings. The fourth-order valence-electron chi connectivity index (χ4n) is 1.31. The van der Waals surface area contributed by atoms with Crippen LogP contribution < -0.4 is 5.73 Å². The smallest absolute Gasteiger partial charge is 0.153 e. The van der Waals surface area contributed by atoms with E-state index in [2.05, 4.69) is 10.1 Å². The van der Waals surface area contributed by atoms with Crippen LogP contribution in [-0.2, 0) is 6.54 Å². The Hall–Kier alpha value is -1.10. The lowest BCUT2D eigenvalue weighted by atomic mass is 10.2. The lowest BCUT2D eigenvalue weighted by molar-refractivity contribution is 0.828. The second-order valence-corrected chi connectivity index (χ2v) is 4.16. The molecule has 84 valence electrons. The van der Waals surface area contributed by atoms with Gasteiger partial charge in [-0.25, -0.2) is 9.67 Å². The molecule has 0 atom stereocenters. The summed E-state index contributed by atoms with van der Waals surface area (Å²) in [5.74, 6) is 0.653. The molecule has 6 heteroatoms. The van der Waals surface area contributed by atoms with Gasteiger partial charge in [0.25, 0.3) is 0 Å². The molecular weight excluding hydrogens is 247 g/mol. The van der Waals surface area contributed by atoms with E-state index in [0.717, 1.165) is 11.3 Å². The van der Waals surface area contributed by atoms with Gasteiger partial charge in [0.05, 0.1) is 21.9 Å². The van der Waals surface area contributed by atoms with Crippen molar-refractivity contribution in [1.82, 2.24) is 14.8 Å². The van der Waals surface area contributed by atoms with Crippen LogP contribution >= 0.6 is 23.2 Å². The Morgan fingerprint density at radius 1 is 1.38 bits per heavy atom. The van der Waals surface area contributed by atoms with Crippen LogP contribution in [0, 0.1) is 6.92 Å². The Bertz CT molecular complexity index is 502. The van der Waals surface area contributed by atoms with Gasteiger partial charge < -0.3 is 5.73 Å². The van der Waals surface area contributed by atoms with Crippen molar-refractivity contribution in [2.24, 2.45) is 5.73 Å². The van der Waals surface area contributed by atoms with Crippen LogP contribution in [0.4, 0.5) is 0 Å². The van der Waals surface area contributed by atoms with Gasteiger partial charge >= 0.3 is 0 Å². The third kappa shape index (κ3) is 2.04. The molecule has 0 fully saturated rings. The van der Waals surface area contributed by atoms with Crippen molar-refractivity contribution >= 4 is 23.2 Å². The van der Waals surface area contributed by atoms with Crippen molar-refractivity contribution < 1.29 is 0 Å². The lowest BCUT2D eigenvalue weighted by Gasteiger charge is -2.04. The minimum Gasteiger partial charge on any atom is -0.326 e. The van der Waals surface area contributed by atoms with Crippen LogP contribution in [0.15, 0.2) is 18.5 Å². The largest absolute Gasteiger partial charge is 0.326 e. The number of rotatable bonds is 2. The molecule has 2 N–H and O–H groups in total. The minimum absolute atomic E-state index is 0.363. The molecule has 0 aliphatic rings. The van der Waals surface area contributed by atoms with E-state index in [9.17, 15) is 0 Å². The Labute approximate surface area is 103 Å². The van der Waals surface area contributed by atoms with Crippen molar-refractivity contribution in [3.8, 4) is 5.82 Å². The molecule has 0 bridgehead atoms. The van der Waals surface area contributed by atoms with Gasteiger partial charge in [-0.15, -0.1) is 0 Å². The highest BCUT2D eigenvalue weighted by Crippen LogP contribution is 2.19. The fourth-order valence-corrected chi connectivity index (χ4v) is 1.62. The molecule has 0 unspecified atom stereocenters. The number of hydrogen-bond donors (Lipinski definition) is 1. The van der Waals surface area contributed by atoms with Gasteiger partial charge in [-0.05, 0) is 18.6 Å². The Morgan fingerprint density at radius 3 is 2.69 bits per heavy atom. The molecule has 0 saturated carbocycles. The molecule has 0 aliphatic carbocycles. The molecule has 0 amide bonds. The van der Waals surface area contributed by atoms with Crippen LogP contribution in [0.25, 0.3) is 5.82 Å². The minimum atomic E-state index is 0.363. The Balaban J connectivity index is 2.48. The number of aryl methyl sites for hydroxylation is 1. The van der Waals surface area contributed by atoms with Crippen molar-refractivity contribution in [2.75, 3.05) is 0 Å². The molecule has 0 radical (unpaired) electrons. The third-order valence-electron chi connectivity index (χ3n) is 2.21. The van der Waals surface area contributed by atoms with E-state index < -0.39 is 0 Å². The molecule has 16 heavy (non-hydrogen) atoms. The van der Waals surface area contributed by atoms with Gasteiger partial charge in [0.2, 0.25) is 0 Å². The summed E-state index contributed by atoms with van der Waals surface area (Å²) in [7, 11) is 0. The van der Waals surface area contributed by atoms with Crippen LogP contribution in [-0.4, -0.2) is 14.8 Å². The summed E-state index contributed by atoms with van der Waals surface area (Å²) >= 11 is 11.8. The molecule has 2 heterocycles. The first-order valence-electron chi connectivity index (χ1n) is 4.68. The monoisotopic (exact) mass is 256 g/mol. The lowest BCUT2D eigenvalue weighted by Crippen LogP contribution is -2.03. The first kappa shape index (κ1) is 11.4. The molecular formula is C10H10Cl2N4. The van der Waals surface area contributed by atoms with Gasteiger partial charge in [-0.3, -0.25) is 0 Å². The van der Waals surface area contributed by atoms with E-state index in [-0.39, 0.29) is 0 Å². The molecule has 2 aromatic heterocycles. The summed E-state index contributed by atoms with van der Waals surface area (Å²) < 4.78 is 1.60. The zero-order valence-corrected chi connectivity index (χ0v) is 10.1. The van der Waals surface area contributed by atoms with E-state index in [1.807, 2.05) is 6.92 Å². The van der Waals surface area contributed by atoms with Gasteiger partial charge in [-0.1, -0.05) is 23.2 Å². The van der Waals surface area contributed by atoms with E-state index >= 15 is 0 Å². The molecule has 0 aromatic carbocycles. The van der Waals surface area contributed by atoms with E-state index in [1.165, 1.54) is 0 Å². The van der Waals surface area contributed by atoms with Crippen LogP contribution in [0.5, 0.6) is 0 Å². The van der Waals surface area contributed by atoms with Crippen LogP contribution in [0.1, 0.15) is 11.3 Å². The van der Waals surface area contributed by atoms with Crippen molar-refractivity contribution in [1.29, 1.82) is 0 Å². The summed E-state index contributed by atoms with van der Waals surface area (Å²) in [6, 6.07) is 1.80. The average Bonchev–Trinajstić information content (AvgIpc) is 2.60. The summed E-state index contributed by atoms with van der Waals surface area (Å²) in [6.45, 7) is 2.20. The maximum atomic E-state index is 5.92. The van der Waals surface area contributed by atoms with Crippen molar-refractivity contribution in [3.63, 3.8) is 0 Å². The van der Waals surface area contributed by atoms with Gasteiger partial charge in [0.15, 0.2) is 5.82 Å². The highest BCUT2D eigenvalue weighted by molar-refractivity contribution is 6.31. The van der Waals surface area contributed by atoms with Gasteiger partial charge in [-0.2, -0.15) is 5.10 Å². The summed E-state index contributed by atoms with van der Waals surface area (Å²) in [5, 5.41) is 5.38.